The van der Waals surface area contributed by atoms with Crippen LogP contribution in [0.15, 0.2) is 24.3 Å². The van der Waals surface area contributed by atoms with Crippen LogP contribution in [0.3, 0.4) is 0 Å². The van der Waals surface area contributed by atoms with Gasteiger partial charge < -0.3 is 30.1 Å². The molecule has 4 heterocycles. The number of likely N-dealkylation sites (tertiary alicyclic amines) is 1. The minimum atomic E-state index is -0.775. The van der Waals surface area contributed by atoms with E-state index in [1.54, 1.807) is 40.9 Å². The zero-order chi connectivity index (χ0) is 29.3. The van der Waals surface area contributed by atoms with Crippen LogP contribution in [-0.4, -0.2) is 112 Å². The lowest BCUT2D eigenvalue weighted by atomic mass is 9.70. The molecule has 1 aromatic rings. The fraction of sp³-hybridized carbons (Fsp3) is 0.690. The van der Waals surface area contributed by atoms with E-state index in [1.165, 1.54) is 0 Å². The summed E-state index contributed by atoms with van der Waals surface area (Å²) in [5.41, 5.74) is 0.626. The molecule has 0 radical (unpaired) electrons. The molecule has 4 aliphatic rings. The SMILES string of the molecule is CCOc1ccc(NC(=O)[C@H]2[C@H]3C(=O)N([C@@H](CO)C(C)C)C(C(=O)NCCN4CCOCC4)C34CC(Br)[C@@H]2S4)cc1. The molecule has 12 heteroatoms. The van der Waals surface area contributed by atoms with Gasteiger partial charge in [-0.05, 0) is 43.5 Å². The van der Waals surface area contributed by atoms with Gasteiger partial charge in [-0.3, -0.25) is 19.3 Å². The van der Waals surface area contributed by atoms with Crippen LogP contribution in [-0.2, 0) is 19.1 Å². The number of aliphatic hydroxyl groups excluding tert-OH is 1. The molecule has 3 amide bonds. The normalized spacial score (nSPS) is 31.8. The fourth-order valence-electron chi connectivity index (χ4n) is 6.93. The van der Waals surface area contributed by atoms with E-state index < -0.39 is 28.7 Å². The van der Waals surface area contributed by atoms with Crippen molar-refractivity contribution in [3.05, 3.63) is 24.3 Å². The summed E-state index contributed by atoms with van der Waals surface area (Å²) in [5.74, 6) is -1.28. The van der Waals surface area contributed by atoms with Crippen LogP contribution in [0, 0.1) is 17.8 Å². The number of anilines is 1. The van der Waals surface area contributed by atoms with Crippen molar-refractivity contribution >= 4 is 51.1 Å². The number of ether oxygens (including phenoxy) is 2. The summed E-state index contributed by atoms with van der Waals surface area (Å²) in [6, 6.07) is 5.88. The van der Waals surface area contributed by atoms with Crippen molar-refractivity contribution in [2.45, 2.75) is 54.1 Å². The Morgan fingerprint density at radius 1 is 1.22 bits per heavy atom. The molecule has 2 bridgehead atoms. The van der Waals surface area contributed by atoms with E-state index in [0.29, 0.717) is 50.8 Å². The molecule has 0 saturated carbocycles. The first-order chi connectivity index (χ1) is 19.7. The average Bonchev–Trinajstić information content (AvgIpc) is 3.54. The van der Waals surface area contributed by atoms with E-state index >= 15 is 0 Å². The maximum absolute atomic E-state index is 14.3. The van der Waals surface area contributed by atoms with E-state index in [9.17, 15) is 19.5 Å². The molecular formula is C29H41BrN4O6S. The molecule has 1 aromatic carbocycles. The minimum Gasteiger partial charge on any atom is -0.494 e. The molecule has 0 aromatic heterocycles. The van der Waals surface area contributed by atoms with E-state index in [4.69, 9.17) is 9.47 Å². The quantitative estimate of drug-likeness (QED) is 0.311. The van der Waals surface area contributed by atoms with E-state index in [2.05, 4.69) is 31.5 Å². The largest absolute Gasteiger partial charge is 0.494 e. The van der Waals surface area contributed by atoms with E-state index in [-0.39, 0.29) is 40.3 Å². The number of hydrogen-bond donors (Lipinski definition) is 3. The van der Waals surface area contributed by atoms with Crippen LogP contribution < -0.4 is 15.4 Å². The number of halogens is 1. The molecule has 226 valence electrons. The van der Waals surface area contributed by atoms with Crippen LogP contribution in [0.2, 0.25) is 0 Å². The highest BCUT2D eigenvalue weighted by Crippen LogP contribution is 2.68. The van der Waals surface area contributed by atoms with Gasteiger partial charge in [0.2, 0.25) is 17.7 Å². The number of rotatable bonds is 11. The van der Waals surface area contributed by atoms with E-state index in [1.807, 2.05) is 20.8 Å². The summed E-state index contributed by atoms with van der Waals surface area (Å²) in [4.78, 5) is 46.0. The van der Waals surface area contributed by atoms with Gasteiger partial charge in [0.1, 0.15) is 11.8 Å². The maximum Gasteiger partial charge on any atom is 0.244 e. The summed E-state index contributed by atoms with van der Waals surface area (Å²) in [6.07, 6.45) is 0.597. The molecule has 3 unspecified atom stereocenters. The number of nitrogens with one attached hydrogen (secondary N) is 2. The third-order valence-electron chi connectivity index (χ3n) is 8.86. The van der Waals surface area contributed by atoms with E-state index in [0.717, 1.165) is 13.1 Å². The monoisotopic (exact) mass is 652 g/mol. The lowest BCUT2D eigenvalue weighted by Crippen LogP contribution is -2.58. The van der Waals surface area contributed by atoms with Crippen molar-refractivity contribution in [3.63, 3.8) is 0 Å². The molecule has 0 aliphatic carbocycles. The second-order valence-electron chi connectivity index (χ2n) is 11.6. The zero-order valence-corrected chi connectivity index (χ0v) is 26.3. The number of carbonyl (C=O) groups is 3. The Morgan fingerprint density at radius 2 is 1.93 bits per heavy atom. The first-order valence-corrected chi connectivity index (χ1v) is 16.4. The van der Waals surface area contributed by atoms with Crippen LogP contribution in [0.25, 0.3) is 0 Å². The summed E-state index contributed by atoms with van der Waals surface area (Å²) < 4.78 is 10.2. The van der Waals surface area contributed by atoms with Crippen molar-refractivity contribution in [2.24, 2.45) is 17.8 Å². The molecule has 3 N–H and O–H groups in total. The predicted molar refractivity (Wildman–Crippen MR) is 161 cm³/mol. The second kappa shape index (κ2) is 12.8. The molecule has 10 nitrogen and oxygen atoms in total. The molecular weight excluding hydrogens is 612 g/mol. The predicted octanol–water partition coefficient (Wildman–Crippen LogP) is 1.95. The molecule has 41 heavy (non-hydrogen) atoms. The van der Waals surface area contributed by atoms with Gasteiger partial charge in [-0.2, -0.15) is 0 Å². The summed E-state index contributed by atoms with van der Waals surface area (Å²) in [7, 11) is 0. The summed E-state index contributed by atoms with van der Waals surface area (Å²) in [5, 5.41) is 16.4. The van der Waals surface area contributed by atoms with Gasteiger partial charge in [-0.25, -0.2) is 0 Å². The maximum atomic E-state index is 14.3. The Hall–Kier alpha value is -1.86. The number of hydrogen-bond acceptors (Lipinski definition) is 8. The topological polar surface area (TPSA) is 120 Å². The third-order valence-corrected chi connectivity index (χ3v) is 12.1. The van der Waals surface area contributed by atoms with Crippen molar-refractivity contribution in [3.8, 4) is 5.75 Å². The number of nitrogens with zero attached hydrogens (tertiary/aromatic N) is 2. The van der Waals surface area contributed by atoms with Crippen molar-refractivity contribution < 1.29 is 29.0 Å². The number of fused-ring (bicyclic) bond motifs is 1. The fourth-order valence-corrected chi connectivity index (χ4v) is 10.5. The van der Waals surface area contributed by atoms with Crippen LogP contribution in [0.1, 0.15) is 27.2 Å². The Bertz CT molecular complexity index is 1120. The average molecular weight is 654 g/mol. The van der Waals surface area contributed by atoms with Crippen LogP contribution in [0.4, 0.5) is 5.69 Å². The summed E-state index contributed by atoms with van der Waals surface area (Å²) >= 11 is 5.40. The Kier molecular flexibility index (Phi) is 9.54. The number of aliphatic hydroxyl groups is 1. The smallest absolute Gasteiger partial charge is 0.244 e. The number of amides is 3. The van der Waals surface area contributed by atoms with Crippen molar-refractivity contribution in [2.75, 3.05) is 57.9 Å². The van der Waals surface area contributed by atoms with Gasteiger partial charge in [0.25, 0.3) is 0 Å². The highest BCUT2D eigenvalue weighted by molar-refractivity contribution is 9.09. The van der Waals surface area contributed by atoms with Gasteiger partial charge >= 0.3 is 0 Å². The minimum absolute atomic E-state index is 0.0251. The molecule has 7 atom stereocenters. The Balaban J connectivity index is 1.40. The summed E-state index contributed by atoms with van der Waals surface area (Å²) in [6.45, 7) is 10.3. The number of benzene rings is 1. The van der Waals surface area contributed by atoms with Gasteiger partial charge in [0, 0.05) is 41.9 Å². The van der Waals surface area contributed by atoms with Gasteiger partial charge in [0.05, 0.1) is 49.1 Å². The molecule has 1 spiro atoms. The molecule has 4 fully saturated rings. The lowest BCUT2D eigenvalue weighted by Gasteiger charge is -2.38. The highest BCUT2D eigenvalue weighted by Gasteiger charge is 2.76. The second-order valence-corrected chi connectivity index (χ2v) is 14.3. The van der Waals surface area contributed by atoms with Crippen LogP contribution >= 0.6 is 27.7 Å². The number of carbonyl (C=O) groups excluding carboxylic acids is 3. The highest BCUT2D eigenvalue weighted by atomic mass is 79.9. The first kappa shape index (κ1) is 30.6. The van der Waals surface area contributed by atoms with Crippen LogP contribution in [0.5, 0.6) is 5.75 Å². The molecule has 4 aliphatic heterocycles. The standard InChI is InChI=1S/C29H41BrN4O6S/c1-4-40-19-7-5-18(6-8-19)32-26(36)22-23-28(38)34(21(16-35)17(2)3)25(29(23)15-20(30)24(22)41-29)27(37)31-9-10-33-11-13-39-14-12-33/h5-8,17,20-25,35H,4,9-16H2,1-3H3,(H,31,37)(H,32,36)/t20?,21-,22-,23-,24-,25?,29?/m0/s1. The van der Waals surface area contributed by atoms with Crippen molar-refractivity contribution in [1.29, 1.82) is 0 Å². The number of thioether (sulfide) groups is 1. The lowest BCUT2D eigenvalue weighted by molar-refractivity contribution is -0.143. The Labute approximate surface area is 254 Å². The van der Waals surface area contributed by atoms with Gasteiger partial charge in [-0.15, -0.1) is 11.8 Å². The molecule has 5 rings (SSSR count). The van der Waals surface area contributed by atoms with Crippen molar-refractivity contribution in [1.82, 2.24) is 15.1 Å². The molecule has 4 saturated heterocycles. The zero-order valence-electron chi connectivity index (χ0n) is 23.9. The first-order valence-electron chi connectivity index (χ1n) is 14.6. The van der Waals surface area contributed by atoms with Gasteiger partial charge in [-0.1, -0.05) is 29.8 Å². The number of morpholine rings is 1. The number of alkyl halides is 1. The third kappa shape index (κ3) is 5.74. The Morgan fingerprint density at radius 3 is 2.56 bits per heavy atom. The van der Waals surface area contributed by atoms with Gasteiger partial charge in [0.15, 0.2) is 0 Å².